The van der Waals surface area contributed by atoms with Gasteiger partial charge in [0.1, 0.15) is 5.82 Å². The van der Waals surface area contributed by atoms with Gasteiger partial charge in [0, 0.05) is 24.0 Å². The number of amides is 1. The molecule has 1 aliphatic heterocycles. The number of nitrogens with one attached hydrogen (secondary N) is 2. The van der Waals surface area contributed by atoms with Crippen molar-refractivity contribution in [3.8, 4) is 0 Å². The molecule has 24 heavy (non-hydrogen) atoms. The van der Waals surface area contributed by atoms with E-state index in [0.717, 1.165) is 17.7 Å². The van der Waals surface area contributed by atoms with Gasteiger partial charge in [-0.05, 0) is 42.3 Å². The van der Waals surface area contributed by atoms with Crippen molar-refractivity contribution in [2.45, 2.75) is 18.9 Å². The molecule has 2 aromatic carbocycles. The molecule has 1 saturated heterocycles. The molecule has 2 aromatic rings. The summed E-state index contributed by atoms with van der Waals surface area (Å²) in [6, 6.07) is 13.7. The Morgan fingerprint density at radius 1 is 1.25 bits per heavy atom. The van der Waals surface area contributed by atoms with Gasteiger partial charge in [-0.15, -0.1) is 0 Å². The van der Waals surface area contributed by atoms with Crippen LogP contribution in [0.2, 0.25) is 5.02 Å². The Labute approximate surface area is 146 Å². The maximum absolute atomic E-state index is 13.3. The lowest BCUT2D eigenvalue weighted by molar-refractivity contribution is -0.125. The summed E-state index contributed by atoms with van der Waals surface area (Å²) in [6.45, 7) is 3.26. The number of carbonyl (C=O) groups excluding carboxylic acids is 1. The smallest absolute Gasteiger partial charge is 0.225 e. The van der Waals surface area contributed by atoms with Gasteiger partial charge in [-0.2, -0.15) is 0 Å². The molecule has 0 aliphatic carbocycles. The van der Waals surface area contributed by atoms with Gasteiger partial charge < -0.3 is 10.6 Å². The molecule has 0 spiro atoms. The number of halogens is 2. The summed E-state index contributed by atoms with van der Waals surface area (Å²) >= 11 is 5.94. The van der Waals surface area contributed by atoms with Crippen LogP contribution < -0.4 is 10.6 Å². The van der Waals surface area contributed by atoms with Crippen molar-refractivity contribution >= 4 is 17.5 Å². The molecule has 1 aliphatic rings. The summed E-state index contributed by atoms with van der Waals surface area (Å²) in [7, 11) is 0. The van der Waals surface area contributed by atoms with Gasteiger partial charge in [0.25, 0.3) is 0 Å². The molecule has 0 bridgehead atoms. The van der Waals surface area contributed by atoms with Crippen LogP contribution in [0.3, 0.4) is 0 Å². The first-order chi connectivity index (χ1) is 11.5. The molecule has 3 rings (SSSR count). The molecule has 3 nitrogen and oxygen atoms in total. The number of benzene rings is 2. The van der Waals surface area contributed by atoms with Gasteiger partial charge in [0.05, 0.1) is 12.0 Å². The van der Waals surface area contributed by atoms with E-state index in [-0.39, 0.29) is 29.6 Å². The van der Waals surface area contributed by atoms with Crippen LogP contribution in [0.15, 0.2) is 48.5 Å². The summed E-state index contributed by atoms with van der Waals surface area (Å²) in [5, 5.41) is 6.98. The van der Waals surface area contributed by atoms with Crippen LogP contribution in [0.25, 0.3) is 0 Å². The minimum Gasteiger partial charge on any atom is -0.349 e. The van der Waals surface area contributed by atoms with Crippen molar-refractivity contribution in [3.05, 3.63) is 70.5 Å². The number of carbonyl (C=O) groups is 1. The lowest BCUT2D eigenvalue weighted by Gasteiger charge is -2.22. The third kappa shape index (κ3) is 3.77. The van der Waals surface area contributed by atoms with Crippen LogP contribution in [0.5, 0.6) is 0 Å². The molecular weight excluding hydrogens is 327 g/mol. The van der Waals surface area contributed by atoms with E-state index in [9.17, 15) is 9.18 Å². The quantitative estimate of drug-likeness (QED) is 0.887. The van der Waals surface area contributed by atoms with Crippen LogP contribution in [0, 0.1) is 11.7 Å². The topological polar surface area (TPSA) is 41.1 Å². The second-order valence-electron chi connectivity index (χ2n) is 6.21. The van der Waals surface area contributed by atoms with Crippen LogP contribution in [-0.2, 0) is 4.79 Å². The Hall–Kier alpha value is -1.91. The molecular formula is C19H20ClFN2O. The van der Waals surface area contributed by atoms with E-state index < -0.39 is 0 Å². The van der Waals surface area contributed by atoms with Crippen molar-refractivity contribution in [2.24, 2.45) is 5.92 Å². The second-order valence-corrected chi connectivity index (χ2v) is 6.64. The Morgan fingerprint density at radius 3 is 2.71 bits per heavy atom. The predicted molar refractivity (Wildman–Crippen MR) is 93.5 cm³/mol. The van der Waals surface area contributed by atoms with Gasteiger partial charge in [-0.3, -0.25) is 4.79 Å². The van der Waals surface area contributed by atoms with E-state index in [0.29, 0.717) is 11.6 Å². The molecule has 2 N–H and O–H groups in total. The largest absolute Gasteiger partial charge is 0.349 e. The molecule has 0 aromatic heterocycles. The maximum Gasteiger partial charge on any atom is 0.225 e. The lowest BCUT2D eigenvalue weighted by Crippen LogP contribution is -2.36. The second kappa shape index (κ2) is 7.32. The zero-order valence-electron chi connectivity index (χ0n) is 13.4. The Bertz CT molecular complexity index is 720. The van der Waals surface area contributed by atoms with E-state index in [1.54, 1.807) is 6.07 Å². The summed E-state index contributed by atoms with van der Waals surface area (Å²) in [5.74, 6) is -0.351. The normalized spacial score (nSPS) is 21.5. The summed E-state index contributed by atoms with van der Waals surface area (Å²) in [4.78, 5) is 12.7. The number of hydrogen-bond donors (Lipinski definition) is 2. The van der Waals surface area contributed by atoms with Crippen LogP contribution >= 0.6 is 11.6 Å². The standard InChI is InChI=1S/C19H20ClFN2O/c1-12(14-3-2-4-16(21)9-14)23-19(24)18-11-22-10-17(18)13-5-7-15(20)8-6-13/h2-9,12,17-18,22H,10-11H2,1H3,(H,23,24)/t12-,17-,18+/m0/s1. The van der Waals surface area contributed by atoms with Crippen LogP contribution in [0.4, 0.5) is 4.39 Å². The van der Waals surface area contributed by atoms with Crippen molar-refractivity contribution in [2.75, 3.05) is 13.1 Å². The SMILES string of the molecule is C[C@H](NC(=O)[C@@H]1CNC[C@H]1c1ccc(Cl)cc1)c1cccc(F)c1. The third-order valence-corrected chi connectivity index (χ3v) is 4.81. The highest BCUT2D eigenvalue weighted by molar-refractivity contribution is 6.30. The van der Waals surface area contributed by atoms with Gasteiger partial charge >= 0.3 is 0 Å². The van der Waals surface area contributed by atoms with Gasteiger partial charge in [-0.25, -0.2) is 4.39 Å². The first-order valence-corrected chi connectivity index (χ1v) is 8.44. The molecule has 0 radical (unpaired) electrons. The minimum absolute atomic E-state index is 0.0169. The average Bonchev–Trinajstić information content (AvgIpc) is 3.05. The molecule has 5 heteroatoms. The fourth-order valence-corrected chi connectivity index (χ4v) is 3.32. The summed E-state index contributed by atoms with van der Waals surface area (Å²) in [5.41, 5.74) is 1.86. The monoisotopic (exact) mass is 346 g/mol. The van der Waals surface area contributed by atoms with Crippen molar-refractivity contribution < 1.29 is 9.18 Å². The first-order valence-electron chi connectivity index (χ1n) is 8.06. The highest BCUT2D eigenvalue weighted by Gasteiger charge is 2.34. The van der Waals surface area contributed by atoms with Gasteiger partial charge in [-0.1, -0.05) is 35.9 Å². The maximum atomic E-state index is 13.3. The lowest BCUT2D eigenvalue weighted by atomic mass is 9.88. The number of hydrogen-bond acceptors (Lipinski definition) is 2. The number of rotatable bonds is 4. The van der Waals surface area contributed by atoms with E-state index >= 15 is 0 Å². The van der Waals surface area contributed by atoms with E-state index in [2.05, 4.69) is 10.6 Å². The van der Waals surface area contributed by atoms with Gasteiger partial charge in [0.2, 0.25) is 5.91 Å². The molecule has 1 fully saturated rings. The average molecular weight is 347 g/mol. The van der Waals surface area contributed by atoms with Crippen LogP contribution in [0.1, 0.15) is 30.0 Å². The minimum atomic E-state index is -0.296. The van der Waals surface area contributed by atoms with E-state index in [1.807, 2.05) is 37.3 Å². The molecule has 126 valence electrons. The predicted octanol–water partition coefficient (Wildman–Crippen LogP) is 3.66. The molecule has 1 heterocycles. The fraction of sp³-hybridized carbons (Fsp3) is 0.316. The van der Waals surface area contributed by atoms with Crippen molar-refractivity contribution in [1.82, 2.24) is 10.6 Å². The highest BCUT2D eigenvalue weighted by Crippen LogP contribution is 2.29. The van der Waals surface area contributed by atoms with E-state index in [4.69, 9.17) is 11.6 Å². The molecule has 0 saturated carbocycles. The Morgan fingerprint density at radius 2 is 2.00 bits per heavy atom. The highest BCUT2D eigenvalue weighted by atomic mass is 35.5. The summed E-state index contributed by atoms with van der Waals surface area (Å²) < 4.78 is 13.3. The third-order valence-electron chi connectivity index (χ3n) is 4.56. The van der Waals surface area contributed by atoms with Gasteiger partial charge in [0.15, 0.2) is 0 Å². The zero-order chi connectivity index (χ0) is 17.1. The Kier molecular flexibility index (Phi) is 5.17. The molecule has 0 unspecified atom stereocenters. The fourth-order valence-electron chi connectivity index (χ4n) is 3.19. The zero-order valence-corrected chi connectivity index (χ0v) is 14.2. The summed E-state index contributed by atoms with van der Waals surface area (Å²) in [6.07, 6.45) is 0. The van der Waals surface area contributed by atoms with Crippen LogP contribution in [-0.4, -0.2) is 19.0 Å². The molecule has 1 amide bonds. The molecule has 3 atom stereocenters. The Balaban J connectivity index is 1.70. The van der Waals surface area contributed by atoms with Crippen molar-refractivity contribution in [1.29, 1.82) is 0 Å². The van der Waals surface area contributed by atoms with E-state index in [1.165, 1.54) is 12.1 Å². The first kappa shape index (κ1) is 16.9. The van der Waals surface area contributed by atoms with Crippen molar-refractivity contribution in [3.63, 3.8) is 0 Å².